The predicted octanol–water partition coefficient (Wildman–Crippen LogP) is 4.89. The summed E-state index contributed by atoms with van der Waals surface area (Å²) < 4.78 is 17.3. The lowest BCUT2D eigenvalue weighted by atomic mass is 10.00. The molecule has 5 rings (SSSR count). The van der Waals surface area contributed by atoms with E-state index >= 15 is 0 Å². The first-order valence-corrected chi connectivity index (χ1v) is 14.0. The molecule has 2 aliphatic heterocycles. The maximum atomic E-state index is 13.9. The molecule has 3 aromatic rings. The standard InChI is InChI=1S/C30H34N2O5S/c1-21-8-10-23(11-9-21)37-20-27-26-13-16-38-28(26)12-14-32(27)29(33)19-31(18-25-7-4-15-36-25)30(34)22-5-3-6-24(17-22)35-2/h3,5-6,8-11,13,16-17,25,27H,4,7,12,14-15,18-20H2,1-2H3/t25-,27-/m0/s1. The number of benzene rings is 2. The van der Waals surface area contributed by atoms with Crippen LogP contribution in [0.25, 0.3) is 0 Å². The summed E-state index contributed by atoms with van der Waals surface area (Å²) in [5.74, 6) is 1.09. The lowest BCUT2D eigenvalue weighted by molar-refractivity contribution is -0.135. The minimum Gasteiger partial charge on any atom is -0.497 e. The molecule has 0 spiro atoms. The number of carbonyl (C=O) groups is 2. The van der Waals surface area contributed by atoms with Crippen molar-refractivity contribution in [1.82, 2.24) is 9.80 Å². The summed E-state index contributed by atoms with van der Waals surface area (Å²) in [6.07, 6.45) is 2.58. The van der Waals surface area contributed by atoms with E-state index in [0.29, 0.717) is 37.6 Å². The number of fused-ring (bicyclic) bond motifs is 1. The molecule has 38 heavy (non-hydrogen) atoms. The first-order chi connectivity index (χ1) is 18.5. The number of amides is 2. The van der Waals surface area contributed by atoms with Gasteiger partial charge in [0.2, 0.25) is 5.91 Å². The second-order valence-corrected chi connectivity index (χ2v) is 10.8. The first kappa shape index (κ1) is 26.3. The van der Waals surface area contributed by atoms with Gasteiger partial charge in [0.25, 0.3) is 5.91 Å². The van der Waals surface area contributed by atoms with Crippen molar-refractivity contribution in [2.75, 3.05) is 40.0 Å². The molecule has 0 bridgehead atoms. The highest BCUT2D eigenvalue weighted by molar-refractivity contribution is 7.10. The molecule has 1 aromatic heterocycles. The highest BCUT2D eigenvalue weighted by Crippen LogP contribution is 2.34. The smallest absolute Gasteiger partial charge is 0.254 e. The van der Waals surface area contributed by atoms with E-state index in [2.05, 4.69) is 11.4 Å². The summed E-state index contributed by atoms with van der Waals surface area (Å²) in [6.45, 7) is 4.03. The van der Waals surface area contributed by atoms with Crippen molar-refractivity contribution in [2.24, 2.45) is 0 Å². The van der Waals surface area contributed by atoms with Gasteiger partial charge in [-0.1, -0.05) is 23.8 Å². The van der Waals surface area contributed by atoms with E-state index in [4.69, 9.17) is 14.2 Å². The normalized spacial score (nSPS) is 18.6. The quantitative estimate of drug-likeness (QED) is 0.391. The second-order valence-electron chi connectivity index (χ2n) is 9.83. The Morgan fingerprint density at radius 2 is 1.97 bits per heavy atom. The van der Waals surface area contributed by atoms with Crippen LogP contribution in [-0.2, 0) is 16.0 Å². The molecule has 2 atom stereocenters. The molecular weight excluding hydrogens is 500 g/mol. The second kappa shape index (κ2) is 12.0. The minimum atomic E-state index is -0.213. The Morgan fingerprint density at radius 1 is 1.13 bits per heavy atom. The van der Waals surface area contributed by atoms with Crippen LogP contribution in [0.3, 0.4) is 0 Å². The third-order valence-corrected chi connectivity index (χ3v) is 8.22. The molecule has 8 heteroatoms. The van der Waals surface area contributed by atoms with E-state index in [0.717, 1.165) is 30.6 Å². The van der Waals surface area contributed by atoms with E-state index < -0.39 is 0 Å². The van der Waals surface area contributed by atoms with Gasteiger partial charge in [-0.05, 0) is 73.5 Å². The summed E-state index contributed by atoms with van der Waals surface area (Å²) in [4.78, 5) is 32.3. The summed E-state index contributed by atoms with van der Waals surface area (Å²) in [5, 5.41) is 2.08. The molecule has 2 aromatic carbocycles. The number of ether oxygens (including phenoxy) is 3. The molecule has 0 radical (unpaired) electrons. The number of aryl methyl sites for hydroxylation is 1. The zero-order valence-electron chi connectivity index (χ0n) is 21.9. The van der Waals surface area contributed by atoms with E-state index in [9.17, 15) is 9.59 Å². The zero-order valence-corrected chi connectivity index (χ0v) is 22.7. The highest BCUT2D eigenvalue weighted by atomic mass is 32.1. The SMILES string of the molecule is COc1cccc(C(=O)N(CC(=O)N2CCc3sccc3[C@@H]2COc2ccc(C)cc2)C[C@@H]2CCCO2)c1. The Morgan fingerprint density at radius 3 is 2.74 bits per heavy atom. The highest BCUT2D eigenvalue weighted by Gasteiger charge is 2.34. The van der Waals surface area contributed by atoms with E-state index in [1.165, 1.54) is 10.4 Å². The third kappa shape index (κ3) is 6.03. The summed E-state index contributed by atoms with van der Waals surface area (Å²) >= 11 is 1.72. The molecule has 2 aliphatic rings. The number of carbonyl (C=O) groups excluding carboxylic acids is 2. The topological polar surface area (TPSA) is 68.3 Å². The summed E-state index contributed by atoms with van der Waals surface area (Å²) in [5.41, 5.74) is 2.79. The van der Waals surface area contributed by atoms with Gasteiger partial charge in [-0.15, -0.1) is 11.3 Å². The van der Waals surface area contributed by atoms with Crippen LogP contribution in [0.5, 0.6) is 11.5 Å². The molecule has 200 valence electrons. The zero-order chi connectivity index (χ0) is 26.5. The van der Waals surface area contributed by atoms with Crippen LogP contribution in [0.15, 0.2) is 60.0 Å². The van der Waals surface area contributed by atoms with Crippen LogP contribution in [0.4, 0.5) is 0 Å². The van der Waals surface area contributed by atoms with E-state index in [-0.39, 0.29) is 30.5 Å². The Kier molecular flexibility index (Phi) is 8.29. The lowest BCUT2D eigenvalue weighted by Crippen LogP contribution is -2.49. The van der Waals surface area contributed by atoms with Gasteiger partial charge in [0.05, 0.1) is 19.3 Å². The average molecular weight is 535 g/mol. The Balaban J connectivity index is 1.35. The van der Waals surface area contributed by atoms with Crippen molar-refractivity contribution in [1.29, 1.82) is 0 Å². The van der Waals surface area contributed by atoms with Gasteiger partial charge >= 0.3 is 0 Å². The van der Waals surface area contributed by atoms with Crippen molar-refractivity contribution < 1.29 is 23.8 Å². The van der Waals surface area contributed by atoms with Gasteiger partial charge in [-0.2, -0.15) is 0 Å². The van der Waals surface area contributed by atoms with Gasteiger partial charge in [0, 0.05) is 30.1 Å². The number of methoxy groups -OCH3 is 1. The van der Waals surface area contributed by atoms with Crippen molar-refractivity contribution in [3.63, 3.8) is 0 Å². The fourth-order valence-corrected chi connectivity index (χ4v) is 6.06. The van der Waals surface area contributed by atoms with Crippen molar-refractivity contribution in [3.05, 3.63) is 81.5 Å². The van der Waals surface area contributed by atoms with Crippen molar-refractivity contribution in [2.45, 2.75) is 38.3 Å². The first-order valence-electron chi connectivity index (χ1n) is 13.1. The molecule has 0 aliphatic carbocycles. The van der Waals surface area contributed by atoms with Crippen LogP contribution in [0, 0.1) is 6.92 Å². The predicted molar refractivity (Wildman–Crippen MR) is 147 cm³/mol. The Hall–Kier alpha value is -3.36. The number of hydrogen-bond acceptors (Lipinski definition) is 6. The maximum absolute atomic E-state index is 13.9. The number of hydrogen-bond donors (Lipinski definition) is 0. The van der Waals surface area contributed by atoms with Gasteiger partial charge < -0.3 is 24.0 Å². The van der Waals surface area contributed by atoms with Crippen LogP contribution in [-0.4, -0.2) is 67.7 Å². The Bertz CT molecular complexity index is 1250. The molecule has 0 unspecified atom stereocenters. The fraction of sp³-hybridized carbons (Fsp3) is 0.400. The molecule has 0 N–H and O–H groups in total. The molecule has 1 fully saturated rings. The van der Waals surface area contributed by atoms with Crippen molar-refractivity contribution >= 4 is 23.2 Å². The number of thiophene rings is 1. The molecule has 0 saturated carbocycles. The number of rotatable bonds is 9. The van der Waals surface area contributed by atoms with Crippen LogP contribution < -0.4 is 9.47 Å². The largest absolute Gasteiger partial charge is 0.497 e. The molecule has 1 saturated heterocycles. The third-order valence-electron chi connectivity index (χ3n) is 7.22. The van der Waals surface area contributed by atoms with Gasteiger partial charge in [-0.25, -0.2) is 0 Å². The van der Waals surface area contributed by atoms with Gasteiger partial charge in [0.1, 0.15) is 24.7 Å². The van der Waals surface area contributed by atoms with Gasteiger partial charge in [-0.3, -0.25) is 9.59 Å². The molecule has 7 nitrogen and oxygen atoms in total. The fourth-order valence-electron chi connectivity index (χ4n) is 5.13. The molecule has 3 heterocycles. The van der Waals surface area contributed by atoms with Crippen LogP contribution >= 0.6 is 11.3 Å². The van der Waals surface area contributed by atoms with Gasteiger partial charge in [0.15, 0.2) is 0 Å². The summed E-state index contributed by atoms with van der Waals surface area (Å²) in [6, 6.07) is 16.9. The van der Waals surface area contributed by atoms with E-state index in [1.807, 2.05) is 36.1 Å². The average Bonchev–Trinajstić information content (AvgIpc) is 3.64. The Labute approximate surface area is 227 Å². The molecular formula is C30H34N2O5S. The van der Waals surface area contributed by atoms with E-state index in [1.54, 1.807) is 47.6 Å². The van der Waals surface area contributed by atoms with Crippen LogP contribution in [0.1, 0.15) is 45.2 Å². The lowest BCUT2D eigenvalue weighted by Gasteiger charge is -2.37. The van der Waals surface area contributed by atoms with Crippen molar-refractivity contribution in [3.8, 4) is 11.5 Å². The molecule has 2 amide bonds. The maximum Gasteiger partial charge on any atom is 0.254 e. The number of nitrogens with zero attached hydrogens (tertiary/aromatic N) is 2. The van der Waals surface area contributed by atoms with Crippen LogP contribution in [0.2, 0.25) is 0 Å². The monoisotopic (exact) mass is 534 g/mol. The minimum absolute atomic E-state index is 0.0175. The summed E-state index contributed by atoms with van der Waals surface area (Å²) in [7, 11) is 1.57.